The Morgan fingerprint density at radius 1 is 1.27 bits per heavy atom. The number of rotatable bonds is 4. The largest absolute Gasteiger partial charge is 0.342 e. The van der Waals surface area contributed by atoms with Crippen LogP contribution in [-0.4, -0.2) is 25.7 Å². The van der Waals surface area contributed by atoms with Crippen LogP contribution >= 0.6 is 0 Å². The van der Waals surface area contributed by atoms with Gasteiger partial charge in [0.1, 0.15) is 6.33 Å². The van der Waals surface area contributed by atoms with Gasteiger partial charge in [-0.2, -0.15) is 0 Å². The van der Waals surface area contributed by atoms with E-state index in [0.717, 1.165) is 18.7 Å². The zero-order valence-corrected chi connectivity index (χ0v) is 14.6. The molecule has 1 aromatic carbocycles. The van der Waals surface area contributed by atoms with Crippen LogP contribution in [0, 0.1) is 0 Å². The van der Waals surface area contributed by atoms with Gasteiger partial charge in [-0.15, -0.1) is 10.2 Å². The van der Waals surface area contributed by atoms with E-state index in [1.807, 2.05) is 13.0 Å². The fraction of sp³-hybridized carbons (Fsp3) is 0.368. The molecular formula is C19H21N5O2. The average Bonchev–Trinajstić information content (AvgIpc) is 3.33. The standard InChI is InChI=1S/C19H21N5O2/c1-12(17-23-21-11-24(17)13-6-2-3-7-13)22-19(26)16-10-20-18(25)15-9-5-4-8-14(15)16/h4-5,8-13H,2-3,6-7H2,1H3,(H,20,25)(H,22,26)/t12-/m0/s1. The van der Waals surface area contributed by atoms with Crippen molar-refractivity contribution in [2.24, 2.45) is 0 Å². The highest BCUT2D eigenvalue weighted by Gasteiger charge is 2.24. The second-order valence-corrected chi connectivity index (χ2v) is 6.81. The van der Waals surface area contributed by atoms with Crippen LogP contribution in [0.4, 0.5) is 0 Å². The van der Waals surface area contributed by atoms with E-state index in [2.05, 4.69) is 25.1 Å². The van der Waals surface area contributed by atoms with E-state index in [0.29, 0.717) is 22.4 Å². The third-order valence-corrected chi connectivity index (χ3v) is 5.11. The molecule has 2 heterocycles. The number of hydrogen-bond acceptors (Lipinski definition) is 4. The smallest absolute Gasteiger partial charge is 0.255 e. The SMILES string of the molecule is C[C@H](NC(=O)c1c[nH]c(=O)c2ccccc12)c1nncn1C1CCCC1. The lowest BCUT2D eigenvalue weighted by Gasteiger charge is -2.19. The number of carbonyl (C=O) groups is 1. The van der Waals surface area contributed by atoms with E-state index in [1.165, 1.54) is 19.0 Å². The van der Waals surface area contributed by atoms with Gasteiger partial charge in [0.2, 0.25) is 0 Å². The van der Waals surface area contributed by atoms with E-state index >= 15 is 0 Å². The van der Waals surface area contributed by atoms with Crippen LogP contribution in [0.2, 0.25) is 0 Å². The number of aromatic amines is 1. The first kappa shape index (κ1) is 16.5. The van der Waals surface area contributed by atoms with Gasteiger partial charge in [-0.3, -0.25) is 9.59 Å². The Bertz CT molecular complexity index is 1000. The molecule has 2 N–H and O–H groups in total. The quantitative estimate of drug-likeness (QED) is 0.756. The summed E-state index contributed by atoms with van der Waals surface area (Å²) in [5.74, 6) is 0.518. The monoisotopic (exact) mass is 351 g/mol. The highest BCUT2D eigenvalue weighted by atomic mass is 16.2. The minimum absolute atomic E-state index is 0.203. The van der Waals surface area contributed by atoms with Gasteiger partial charge < -0.3 is 14.9 Å². The minimum atomic E-state index is -0.281. The first-order valence-electron chi connectivity index (χ1n) is 8.96. The summed E-state index contributed by atoms with van der Waals surface area (Å²) >= 11 is 0. The lowest BCUT2D eigenvalue weighted by molar-refractivity contribution is 0.0938. The van der Waals surface area contributed by atoms with Crippen LogP contribution in [0.1, 0.15) is 60.9 Å². The number of fused-ring (bicyclic) bond motifs is 1. The minimum Gasteiger partial charge on any atom is -0.342 e. The van der Waals surface area contributed by atoms with Crippen LogP contribution in [0.3, 0.4) is 0 Å². The molecule has 0 saturated heterocycles. The normalized spacial score (nSPS) is 16.0. The third kappa shape index (κ3) is 2.89. The predicted molar refractivity (Wildman–Crippen MR) is 98.0 cm³/mol. The number of pyridine rings is 1. The fourth-order valence-corrected chi connectivity index (χ4v) is 3.76. The molecule has 26 heavy (non-hydrogen) atoms. The molecule has 1 atom stereocenters. The first-order chi connectivity index (χ1) is 12.6. The Balaban J connectivity index is 1.60. The van der Waals surface area contributed by atoms with Gasteiger partial charge in [0.15, 0.2) is 5.82 Å². The number of H-pyrrole nitrogens is 1. The lowest BCUT2D eigenvalue weighted by atomic mass is 10.1. The zero-order valence-electron chi connectivity index (χ0n) is 14.6. The molecular weight excluding hydrogens is 330 g/mol. The van der Waals surface area contributed by atoms with Gasteiger partial charge in [-0.25, -0.2) is 0 Å². The molecule has 0 bridgehead atoms. The van der Waals surface area contributed by atoms with E-state index in [4.69, 9.17) is 0 Å². The molecule has 1 aliphatic carbocycles. The van der Waals surface area contributed by atoms with Crippen LogP contribution < -0.4 is 10.9 Å². The number of carbonyl (C=O) groups excluding carboxylic acids is 1. The lowest BCUT2D eigenvalue weighted by Crippen LogP contribution is -2.30. The van der Waals surface area contributed by atoms with E-state index < -0.39 is 0 Å². The summed E-state index contributed by atoms with van der Waals surface area (Å²) in [6, 6.07) is 7.23. The fourth-order valence-electron chi connectivity index (χ4n) is 3.76. The van der Waals surface area contributed by atoms with E-state index in [1.54, 1.807) is 24.5 Å². The molecule has 0 spiro atoms. The van der Waals surface area contributed by atoms with Crippen molar-refractivity contribution in [1.82, 2.24) is 25.1 Å². The van der Waals surface area contributed by atoms with E-state index in [9.17, 15) is 9.59 Å². The molecule has 2 aromatic heterocycles. The molecule has 1 aliphatic rings. The Morgan fingerprint density at radius 3 is 2.77 bits per heavy atom. The summed E-state index contributed by atoms with van der Waals surface area (Å²) < 4.78 is 2.09. The molecule has 0 radical (unpaired) electrons. The van der Waals surface area contributed by atoms with Crippen molar-refractivity contribution < 1.29 is 4.79 Å². The van der Waals surface area contributed by atoms with Gasteiger partial charge in [0.25, 0.3) is 11.5 Å². The molecule has 0 aliphatic heterocycles. The summed E-state index contributed by atoms with van der Waals surface area (Å²) in [5.41, 5.74) is 0.241. The molecule has 3 aromatic rings. The number of amides is 1. The molecule has 1 saturated carbocycles. The highest BCUT2D eigenvalue weighted by Crippen LogP contribution is 2.31. The van der Waals surface area contributed by atoms with Gasteiger partial charge in [-0.1, -0.05) is 31.0 Å². The van der Waals surface area contributed by atoms with Gasteiger partial charge >= 0.3 is 0 Å². The predicted octanol–water partition coefficient (Wildman–Crippen LogP) is 2.73. The first-order valence-corrected chi connectivity index (χ1v) is 8.96. The topological polar surface area (TPSA) is 92.7 Å². The Kier molecular flexibility index (Phi) is 4.28. The zero-order chi connectivity index (χ0) is 18.1. The molecule has 7 heteroatoms. The van der Waals surface area contributed by atoms with Gasteiger partial charge in [-0.05, 0) is 25.8 Å². The molecule has 4 rings (SSSR count). The van der Waals surface area contributed by atoms with Crippen LogP contribution in [-0.2, 0) is 0 Å². The highest BCUT2D eigenvalue weighted by molar-refractivity contribution is 6.06. The summed E-state index contributed by atoms with van der Waals surface area (Å²) in [6.07, 6.45) is 7.89. The van der Waals surface area contributed by atoms with Crippen molar-refractivity contribution in [1.29, 1.82) is 0 Å². The Labute approximate surface area is 150 Å². The average molecular weight is 351 g/mol. The Morgan fingerprint density at radius 2 is 2.00 bits per heavy atom. The number of hydrogen-bond donors (Lipinski definition) is 2. The second-order valence-electron chi connectivity index (χ2n) is 6.81. The van der Waals surface area contributed by atoms with E-state index in [-0.39, 0.29) is 17.5 Å². The number of nitrogens with zero attached hydrogens (tertiary/aromatic N) is 3. The van der Waals surface area contributed by atoms with Crippen molar-refractivity contribution in [2.75, 3.05) is 0 Å². The third-order valence-electron chi connectivity index (χ3n) is 5.11. The van der Waals surface area contributed by atoms with Crippen molar-refractivity contribution in [3.8, 4) is 0 Å². The number of benzene rings is 1. The van der Waals surface area contributed by atoms with Crippen molar-refractivity contribution in [3.63, 3.8) is 0 Å². The van der Waals surface area contributed by atoms with Crippen molar-refractivity contribution in [2.45, 2.75) is 44.7 Å². The van der Waals surface area contributed by atoms with Gasteiger partial charge in [0.05, 0.1) is 11.6 Å². The number of nitrogens with one attached hydrogen (secondary N) is 2. The van der Waals surface area contributed by atoms with Gasteiger partial charge in [0, 0.05) is 23.0 Å². The Hall–Kier alpha value is -2.96. The molecule has 1 fully saturated rings. The maximum atomic E-state index is 12.8. The molecule has 134 valence electrons. The summed E-state index contributed by atoms with van der Waals surface area (Å²) in [6.45, 7) is 1.90. The summed E-state index contributed by atoms with van der Waals surface area (Å²) in [4.78, 5) is 27.4. The maximum Gasteiger partial charge on any atom is 0.255 e. The second kappa shape index (κ2) is 6.74. The van der Waals surface area contributed by atoms with Crippen LogP contribution in [0.15, 0.2) is 41.6 Å². The molecule has 7 nitrogen and oxygen atoms in total. The molecule has 0 unspecified atom stereocenters. The maximum absolute atomic E-state index is 12.8. The summed E-state index contributed by atoms with van der Waals surface area (Å²) in [7, 11) is 0. The van der Waals surface area contributed by atoms with Crippen LogP contribution in [0.5, 0.6) is 0 Å². The summed E-state index contributed by atoms with van der Waals surface area (Å²) in [5, 5.41) is 12.4. The molecule has 1 amide bonds. The number of aromatic nitrogens is 4. The van der Waals surface area contributed by atoms with Crippen LogP contribution in [0.25, 0.3) is 10.8 Å². The van der Waals surface area contributed by atoms with Crippen molar-refractivity contribution in [3.05, 3.63) is 58.5 Å². The van der Waals surface area contributed by atoms with Crippen molar-refractivity contribution >= 4 is 16.7 Å².